The lowest BCUT2D eigenvalue weighted by Gasteiger charge is -2.00. The number of fused-ring (bicyclic) bond motifs is 1. The van der Waals surface area contributed by atoms with Crippen LogP contribution in [0.3, 0.4) is 0 Å². The maximum Gasteiger partial charge on any atom is 0.0356 e. The van der Waals surface area contributed by atoms with Gasteiger partial charge in [-0.1, -0.05) is 57.2 Å². The van der Waals surface area contributed by atoms with Crippen molar-refractivity contribution in [3.05, 3.63) is 32.7 Å². The molecule has 0 bridgehead atoms. The van der Waals surface area contributed by atoms with Gasteiger partial charge in [-0.3, -0.25) is 0 Å². The van der Waals surface area contributed by atoms with E-state index in [1.54, 1.807) is 4.88 Å². The Balaban J connectivity index is 1.86. The number of thiophene rings is 1. The highest BCUT2D eigenvalue weighted by molar-refractivity contribution is 14.1. The molecule has 0 fully saturated rings. The highest BCUT2D eigenvalue weighted by Gasteiger charge is 2.08. The zero-order valence-electron chi connectivity index (χ0n) is 11.0. The summed E-state index contributed by atoms with van der Waals surface area (Å²) >= 11 is 4.50. The summed E-state index contributed by atoms with van der Waals surface area (Å²) < 4.78 is 2.93. The topological polar surface area (TPSA) is 0 Å². The van der Waals surface area contributed by atoms with E-state index in [2.05, 4.69) is 53.8 Å². The quantitative estimate of drug-likeness (QED) is 0.389. The molecule has 0 radical (unpaired) electrons. The van der Waals surface area contributed by atoms with Gasteiger partial charge < -0.3 is 0 Å². The minimum Gasteiger partial charge on any atom is -0.139 e. The molecule has 0 aliphatic carbocycles. The van der Waals surface area contributed by atoms with Crippen LogP contribution in [0.1, 0.15) is 50.3 Å². The summed E-state index contributed by atoms with van der Waals surface area (Å²) in [7, 11) is 0. The van der Waals surface area contributed by atoms with Crippen molar-refractivity contribution in [1.29, 1.82) is 0 Å². The lowest BCUT2D eigenvalue weighted by Crippen LogP contribution is -1.85. The Kier molecular flexibility index (Phi) is 5.96. The van der Waals surface area contributed by atoms with Crippen molar-refractivity contribution in [2.75, 3.05) is 0 Å². The molecule has 0 unspecified atom stereocenters. The number of hydrogen-bond donors (Lipinski definition) is 0. The summed E-state index contributed by atoms with van der Waals surface area (Å²) in [5.41, 5.74) is 0. The maximum absolute atomic E-state index is 2.52. The lowest BCUT2D eigenvalue weighted by molar-refractivity contribution is 0.609. The van der Waals surface area contributed by atoms with Crippen LogP contribution in [-0.2, 0) is 6.42 Å². The van der Waals surface area contributed by atoms with Crippen LogP contribution in [0.4, 0.5) is 0 Å². The molecule has 1 heterocycles. The average Bonchev–Trinajstić information content (AvgIpc) is 2.71. The SMILES string of the molecule is CCCCCCCCc1sc2ccccc2c1I. The molecule has 0 amide bonds. The normalized spacial score (nSPS) is 11.2. The number of aryl methyl sites for hydroxylation is 1. The predicted octanol–water partition coefficient (Wildman–Crippen LogP) is 6.41. The zero-order valence-corrected chi connectivity index (χ0v) is 14.0. The van der Waals surface area contributed by atoms with E-state index in [4.69, 9.17) is 0 Å². The van der Waals surface area contributed by atoms with E-state index in [9.17, 15) is 0 Å². The Morgan fingerprint density at radius 3 is 2.50 bits per heavy atom. The van der Waals surface area contributed by atoms with Gasteiger partial charge in [0.25, 0.3) is 0 Å². The fraction of sp³-hybridized carbons (Fsp3) is 0.500. The lowest BCUT2D eigenvalue weighted by atomic mass is 10.1. The van der Waals surface area contributed by atoms with Crippen molar-refractivity contribution < 1.29 is 0 Å². The summed E-state index contributed by atoms with van der Waals surface area (Å²) in [4.78, 5) is 1.59. The predicted molar refractivity (Wildman–Crippen MR) is 91.6 cm³/mol. The van der Waals surface area contributed by atoms with E-state index in [1.807, 2.05) is 11.3 Å². The molecule has 0 N–H and O–H groups in total. The first-order valence-electron chi connectivity index (χ1n) is 6.99. The molecule has 0 saturated heterocycles. The highest BCUT2D eigenvalue weighted by Crippen LogP contribution is 2.33. The second-order valence-electron chi connectivity index (χ2n) is 4.85. The van der Waals surface area contributed by atoms with Gasteiger partial charge in [-0.05, 0) is 41.5 Å². The van der Waals surface area contributed by atoms with E-state index >= 15 is 0 Å². The summed E-state index contributed by atoms with van der Waals surface area (Å²) in [6, 6.07) is 8.78. The number of unbranched alkanes of at least 4 members (excludes halogenated alkanes) is 5. The molecule has 0 nitrogen and oxygen atoms in total. The van der Waals surface area contributed by atoms with Crippen LogP contribution in [0.15, 0.2) is 24.3 Å². The van der Waals surface area contributed by atoms with E-state index in [0.717, 1.165) is 0 Å². The molecule has 18 heavy (non-hydrogen) atoms. The molecule has 0 aliphatic rings. The van der Waals surface area contributed by atoms with Gasteiger partial charge in [0.15, 0.2) is 0 Å². The van der Waals surface area contributed by atoms with Crippen molar-refractivity contribution >= 4 is 44.0 Å². The Morgan fingerprint density at radius 1 is 1.00 bits per heavy atom. The largest absolute Gasteiger partial charge is 0.139 e. The molecule has 0 aliphatic heterocycles. The van der Waals surface area contributed by atoms with E-state index in [0.29, 0.717) is 0 Å². The average molecular weight is 372 g/mol. The number of benzene rings is 1. The van der Waals surface area contributed by atoms with Crippen LogP contribution in [0.2, 0.25) is 0 Å². The van der Waals surface area contributed by atoms with Gasteiger partial charge in [-0.2, -0.15) is 0 Å². The molecular formula is C16H21IS. The van der Waals surface area contributed by atoms with Gasteiger partial charge in [0.2, 0.25) is 0 Å². The molecule has 1 aromatic heterocycles. The van der Waals surface area contributed by atoms with Crippen molar-refractivity contribution in [3.8, 4) is 0 Å². The first-order valence-corrected chi connectivity index (χ1v) is 8.88. The number of rotatable bonds is 7. The molecule has 98 valence electrons. The van der Waals surface area contributed by atoms with Crippen LogP contribution < -0.4 is 0 Å². The molecule has 2 rings (SSSR count). The second kappa shape index (κ2) is 7.49. The number of halogens is 1. The van der Waals surface area contributed by atoms with Gasteiger partial charge in [0.1, 0.15) is 0 Å². The molecule has 2 heteroatoms. The highest BCUT2D eigenvalue weighted by atomic mass is 127. The van der Waals surface area contributed by atoms with Gasteiger partial charge in [-0.15, -0.1) is 11.3 Å². The molecule has 2 aromatic rings. The minimum absolute atomic E-state index is 1.27. The van der Waals surface area contributed by atoms with Gasteiger partial charge in [0, 0.05) is 18.5 Å². The minimum atomic E-state index is 1.27. The van der Waals surface area contributed by atoms with E-state index in [1.165, 1.54) is 58.6 Å². The summed E-state index contributed by atoms with van der Waals surface area (Å²) in [6.07, 6.45) is 9.59. The van der Waals surface area contributed by atoms with Gasteiger partial charge >= 0.3 is 0 Å². The van der Waals surface area contributed by atoms with Crippen LogP contribution in [-0.4, -0.2) is 0 Å². The van der Waals surface area contributed by atoms with Crippen molar-refractivity contribution in [2.45, 2.75) is 51.9 Å². The van der Waals surface area contributed by atoms with E-state index in [-0.39, 0.29) is 0 Å². The zero-order chi connectivity index (χ0) is 12.8. The Labute approximate surface area is 128 Å². The molecule has 0 saturated carbocycles. The van der Waals surface area contributed by atoms with Crippen LogP contribution >= 0.6 is 33.9 Å². The molecule has 1 aromatic carbocycles. The Morgan fingerprint density at radius 2 is 1.72 bits per heavy atom. The smallest absolute Gasteiger partial charge is 0.0356 e. The fourth-order valence-electron chi connectivity index (χ4n) is 2.29. The van der Waals surface area contributed by atoms with Crippen LogP contribution in [0.25, 0.3) is 10.1 Å². The summed E-state index contributed by atoms with van der Waals surface area (Å²) in [5, 5.41) is 1.45. The third-order valence-electron chi connectivity index (χ3n) is 3.36. The van der Waals surface area contributed by atoms with Crippen LogP contribution in [0, 0.1) is 3.57 Å². The third-order valence-corrected chi connectivity index (χ3v) is 6.19. The fourth-order valence-corrected chi connectivity index (χ4v) is 4.68. The van der Waals surface area contributed by atoms with Crippen molar-refractivity contribution in [1.82, 2.24) is 0 Å². The maximum atomic E-state index is 2.52. The van der Waals surface area contributed by atoms with Crippen molar-refractivity contribution in [3.63, 3.8) is 0 Å². The Bertz CT molecular complexity index is 487. The first-order chi connectivity index (χ1) is 8.83. The van der Waals surface area contributed by atoms with Gasteiger partial charge in [-0.25, -0.2) is 0 Å². The second-order valence-corrected chi connectivity index (χ2v) is 7.07. The Hall–Kier alpha value is -0.0900. The monoisotopic (exact) mass is 372 g/mol. The molecule has 0 atom stereocenters. The standard InChI is InChI=1S/C16H21IS/c1-2-3-4-5-6-7-12-15-16(17)13-10-8-9-11-14(13)18-15/h8-11H,2-7,12H2,1H3. The summed E-state index contributed by atoms with van der Waals surface area (Å²) in [6.45, 7) is 2.28. The van der Waals surface area contributed by atoms with Crippen LogP contribution in [0.5, 0.6) is 0 Å². The van der Waals surface area contributed by atoms with E-state index < -0.39 is 0 Å². The molecular weight excluding hydrogens is 351 g/mol. The first kappa shape index (κ1) is 14.3. The number of hydrogen-bond acceptors (Lipinski definition) is 1. The third kappa shape index (κ3) is 3.70. The van der Waals surface area contributed by atoms with Crippen molar-refractivity contribution in [2.24, 2.45) is 0 Å². The summed E-state index contributed by atoms with van der Waals surface area (Å²) in [5.74, 6) is 0. The molecule has 0 spiro atoms. The van der Waals surface area contributed by atoms with Gasteiger partial charge in [0.05, 0.1) is 0 Å².